The molecule has 0 spiro atoms. The number of benzene rings is 2. The van der Waals surface area contributed by atoms with Gasteiger partial charge in [-0.2, -0.15) is 0 Å². The molecule has 1 N–H and O–H groups in total. The summed E-state index contributed by atoms with van der Waals surface area (Å²) in [6, 6.07) is 13.7. The summed E-state index contributed by atoms with van der Waals surface area (Å²) >= 11 is 0. The molecule has 19 heavy (non-hydrogen) atoms. The van der Waals surface area contributed by atoms with E-state index in [4.69, 9.17) is 9.47 Å². The maximum atomic E-state index is 12.7. The third-order valence-electron chi connectivity index (χ3n) is 2.60. The summed E-state index contributed by atoms with van der Waals surface area (Å²) < 4.78 is 23.2. The molecule has 2 aromatic carbocycles. The van der Waals surface area contributed by atoms with Crippen LogP contribution < -0.4 is 14.8 Å². The van der Waals surface area contributed by atoms with Crippen molar-refractivity contribution in [1.82, 2.24) is 0 Å². The van der Waals surface area contributed by atoms with Crippen LogP contribution in [0.15, 0.2) is 48.5 Å². The largest absolute Gasteiger partial charge is 0.497 e. The highest BCUT2D eigenvalue weighted by molar-refractivity contribution is 5.46. The smallest absolute Gasteiger partial charge is 0.123 e. The molecule has 0 heterocycles. The maximum absolute atomic E-state index is 12.7. The number of rotatable bonds is 6. The van der Waals surface area contributed by atoms with Gasteiger partial charge in [0.05, 0.1) is 7.11 Å². The van der Waals surface area contributed by atoms with Gasteiger partial charge in [-0.25, -0.2) is 4.39 Å². The Morgan fingerprint density at radius 2 is 1.58 bits per heavy atom. The third kappa shape index (κ3) is 4.17. The fourth-order valence-corrected chi connectivity index (χ4v) is 1.60. The van der Waals surface area contributed by atoms with Gasteiger partial charge in [0.2, 0.25) is 0 Å². The van der Waals surface area contributed by atoms with Crippen LogP contribution >= 0.6 is 0 Å². The molecule has 0 saturated carbocycles. The minimum Gasteiger partial charge on any atom is -0.497 e. The zero-order valence-corrected chi connectivity index (χ0v) is 10.7. The molecule has 0 atom stereocenters. The fourth-order valence-electron chi connectivity index (χ4n) is 1.60. The van der Waals surface area contributed by atoms with Crippen LogP contribution in [0.25, 0.3) is 0 Å². The van der Waals surface area contributed by atoms with Gasteiger partial charge in [-0.3, -0.25) is 0 Å². The average Bonchev–Trinajstić information content (AvgIpc) is 2.46. The number of hydrogen-bond acceptors (Lipinski definition) is 3. The SMILES string of the molecule is COc1ccc(NCCOc2ccc(F)cc2)cc1. The van der Waals surface area contributed by atoms with E-state index in [1.807, 2.05) is 24.3 Å². The Morgan fingerprint density at radius 1 is 0.947 bits per heavy atom. The van der Waals surface area contributed by atoms with Crippen LogP contribution in [0.2, 0.25) is 0 Å². The van der Waals surface area contributed by atoms with E-state index in [2.05, 4.69) is 5.32 Å². The van der Waals surface area contributed by atoms with Crippen molar-refractivity contribution in [1.29, 1.82) is 0 Å². The molecule has 0 unspecified atom stereocenters. The topological polar surface area (TPSA) is 30.5 Å². The molecular weight excluding hydrogens is 245 g/mol. The van der Waals surface area contributed by atoms with Gasteiger partial charge < -0.3 is 14.8 Å². The van der Waals surface area contributed by atoms with Crippen molar-refractivity contribution in [2.45, 2.75) is 0 Å². The summed E-state index contributed by atoms with van der Waals surface area (Å²) in [4.78, 5) is 0. The molecular formula is C15H16FNO2. The van der Waals surface area contributed by atoms with Gasteiger partial charge in [0, 0.05) is 12.2 Å². The minimum atomic E-state index is -0.260. The lowest BCUT2D eigenvalue weighted by atomic mass is 10.3. The molecule has 0 aliphatic heterocycles. The summed E-state index contributed by atoms with van der Waals surface area (Å²) in [5.74, 6) is 1.23. The van der Waals surface area contributed by atoms with Gasteiger partial charge in [0.15, 0.2) is 0 Å². The third-order valence-corrected chi connectivity index (χ3v) is 2.60. The predicted octanol–water partition coefficient (Wildman–Crippen LogP) is 3.33. The summed E-state index contributed by atoms with van der Waals surface area (Å²) in [6.45, 7) is 1.18. The molecule has 2 rings (SSSR count). The number of halogens is 1. The van der Waals surface area contributed by atoms with Crippen molar-refractivity contribution in [2.75, 3.05) is 25.6 Å². The average molecular weight is 261 g/mol. The molecule has 0 saturated heterocycles. The first-order chi connectivity index (χ1) is 9.28. The number of anilines is 1. The van der Waals surface area contributed by atoms with E-state index in [-0.39, 0.29) is 5.82 Å². The van der Waals surface area contributed by atoms with E-state index in [9.17, 15) is 4.39 Å². The zero-order valence-electron chi connectivity index (χ0n) is 10.7. The second-order valence-electron chi connectivity index (χ2n) is 3.96. The first kappa shape index (κ1) is 13.2. The van der Waals surface area contributed by atoms with Crippen LogP contribution in [0.4, 0.5) is 10.1 Å². The van der Waals surface area contributed by atoms with Crippen molar-refractivity contribution in [3.63, 3.8) is 0 Å². The van der Waals surface area contributed by atoms with Crippen LogP contribution in [0.1, 0.15) is 0 Å². The highest BCUT2D eigenvalue weighted by Crippen LogP contribution is 2.15. The second kappa shape index (κ2) is 6.64. The molecule has 2 aromatic rings. The van der Waals surface area contributed by atoms with Crippen molar-refractivity contribution < 1.29 is 13.9 Å². The molecule has 0 radical (unpaired) electrons. The Balaban J connectivity index is 1.72. The zero-order chi connectivity index (χ0) is 13.5. The van der Waals surface area contributed by atoms with Crippen molar-refractivity contribution in [2.24, 2.45) is 0 Å². The Hall–Kier alpha value is -2.23. The molecule has 3 nitrogen and oxygen atoms in total. The lowest BCUT2D eigenvalue weighted by Crippen LogP contribution is -2.11. The Kier molecular flexibility index (Phi) is 4.61. The first-order valence-corrected chi connectivity index (χ1v) is 6.04. The molecule has 0 fully saturated rings. The monoisotopic (exact) mass is 261 g/mol. The Bertz CT molecular complexity index is 497. The molecule has 100 valence electrons. The minimum absolute atomic E-state index is 0.260. The maximum Gasteiger partial charge on any atom is 0.123 e. The predicted molar refractivity (Wildman–Crippen MR) is 73.4 cm³/mol. The summed E-state index contributed by atoms with van der Waals surface area (Å²) in [5.41, 5.74) is 1.00. The van der Waals surface area contributed by atoms with E-state index in [1.165, 1.54) is 12.1 Å². The number of ether oxygens (including phenoxy) is 2. The fraction of sp³-hybridized carbons (Fsp3) is 0.200. The Morgan fingerprint density at radius 3 is 2.21 bits per heavy atom. The lowest BCUT2D eigenvalue weighted by molar-refractivity contribution is 0.332. The quantitative estimate of drug-likeness (QED) is 0.809. The van der Waals surface area contributed by atoms with Gasteiger partial charge in [0.25, 0.3) is 0 Å². The normalized spacial score (nSPS) is 10.0. The van der Waals surface area contributed by atoms with Crippen LogP contribution in [-0.2, 0) is 0 Å². The highest BCUT2D eigenvalue weighted by Gasteiger charge is 1.96. The first-order valence-electron chi connectivity index (χ1n) is 6.04. The van der Waals surface area contributed by atoms with Crippen molar-refractivity contribution in [3.8, 4) is 11.5 Å². The highest BCUT2D eigenvalue weighted by atomic mass is 19.1. The van der Waals surface area contributed by atoms with Crippen molar-refractivity contribution >= 4 is 5.69 Å². The summed E-state index contributed by atoms with van der Waals surface area (Å²) in [7, 11) is 1.64. The van der Waals surface area contributed by atoms with E-state index >= 15 is 0 Å². The van der Waals surface area contributed by atoms with E-state index in [0.717, 1.165) is 11.4 Å². The number of methoxy groups -OCH3 is 1. The number of nitrogens with one attached hydrogen (secondary N) is 1. The van der Waals surface area contributed by atoms with Gasteiger partial charge in [-0.1, -0.05) is 0 Å². The van der Waals surface area contributed by atoms with Crippen LogP contribution in [-0.4, -0.2) is 20.3 Å². The molecule has 0 bridgehead atoms. The molecule has 0 aliphatic rings. The van der Waals surface area contributed by atoms with Gasteiger partial charge in [0.1, 0.15) is 23.9 Å². The van der Waals surface area contributed by atoms with Crippen LogP contribution in [0.5, 0.6) is 11.5 Å². The van der Waals surface area contributed by atoms with Crippen LogP contribution in [0, 0.1) is 5.82 Å². The summed E-state index contributed by atoms with van der Waals surface area (Å²) in [6.07, 6.45) is 0. The molecule has 4 heteroatoms. The lowest BCUT2D eigenvalue weighted by Gasteiger charge is -2.09. The molecule has 0 amide bonds. The van der Waals surface area contributed by atoms with E-state index in [1.54, 1.807) is 19.2 Å². The van der Waals surface area contributed by atoms with E-state index in [0.29, 0.717) is 18.9 Å². The van der Waals surface area contributed by atoms with Crippen molar-refractivity contribution in [3.05, 3.63) is 54.3 Å². The van der Waals surface area contributed by atoms with Gasteiger partial charge in [-0.15, -0.1) is 0 Å². The van der Waals surface area contributed by atoms with Gasteiger partial charge in [-0.05, 0) is 48.5 Å². The number of hydrogen-bond donors (Lipinski definition) is 1. The van der Waals surface area contributed by atoms with Gasteiger partial charge >= 0.3 is 0 Å². The molecule has 0 aromatic heterocycles. The van der Waals surface area contributed by atoms with E-state index < -0.39 is 0 Å². The molecule has 0 aliphatic carbocycles. The second-order valence-corrected chi connectivity index (χ2v) is 3.96. The van der Waals surface area contributed by atoms with Crippen LogP contribution in [0.3, 0.4) is 0 Å². The summed E-state index contributed by atoms with van der Waals surface area (Å²) in [5, 5.41) is 3.22. The standard InChI is InChI=1S/C15H16FNO2/c1-18-14-8-4-13(5-9-14)17-10-11-19-15-6-2-12(16)3-7-15/h2-9,17H,10-11H2,1H3. The Labute approximate surface area is 112 Å².